The third-order valence-electron chi connectivity index (χ3n) is 5.42. The number of nitrogens with one attached hydrogen (secondary N) is 1. The Kier molecular flexibility index (Phi) is 8.00. The largest absolute Gasteiger partial charge is 0.497 e. The predicted octanol–water partition coefficient (Wildman–Crippen LogP) is 6.47. The highest BCUT2D eigenvalue weighted by Crippen LogP contribution is 2.32. The van der Waals surface area contributed by atoms with E-state index in [0.29, 0.717) is 38.9 Å². The predicted molar refractivity (Wildman–Crippen MR) is 143 cm³/mol. The van der Waals surface area contributed by atoms with Crippen LogP contribution in [0.25, 0.3) is 0 Å². The summed E-state index contributed by atoms with van der Waals surface area (Å²) in [6, 6.07) is 19.8. The molecule has 1 atom stereocenters. The molecule has 0 aliphatic carbocycles. The number of benzene rings is 3. The molecule has 35 heavy (non-hydrogen) atoms. The number of hydrogen-bond donors (Lipinski definition) is 1. The molecule has 1 saturated heterocycles. The van der Waals surface area contributed by atoms with Crippen LogP contribution in [-0.2, 0) is 16.1 Å². The van der Waals surface area contributed by atoms with Crippen LogP contribution in [0, 0.1) is 6.92 Å². The van der Waals surface area contributed by atoms with Gasteiger partial charge in [0.15, 0.2) is 5.17 Å². The van der Waals surface area contributed by atoms with E-state index < -0.39 is 5.25 Å². The average Bonchev–Trinajstić information content (AvgIpc) is 2.85. The van der Waals surface area contributed by atoms with Crippen molar-refractivity contribution in [3.63, 3.8) is 0 Å². The minimum absolute atomic E-state index is 0.0469. The Labute approximate surface area is 218 Å². The number of nitrogens with zero attached hydrogens (tertiary/aromatic N) is 2. The molecule has 0 spiro atoms. The minimum Gasteiger partial charge on any atom is -0.497 e. The molecule has 9 heteroatoms. The number of thioether (sulfide) groups is 1. The molecular weight excluding hydrogens is 505 g/mol. The summed E-state index contributed by atoms with van der Waals surface area (Å²) >= 11 is 13.5. The Morgan fingerprint density at radius 3 is 2.49 bits per heavy atom. The van der Waals surface area contributed by atoms with Gasteiger partial charge in [0.2, 0.25) is 11.8 Å². The zero-order valence-corrected chi connectivity index (χ0v) is 21.5. The first-order valence-corrected chi connectivity index (χ1v) is 12.5. The van der Waals surface area contributed by atoms with E-state index in [9.17, 15) is 9.59 Å². The van der Waals surface area contributed by atoms with Crippen molar-refractivity contribution >= 4 is 63.3 Å². The molecule has 0 aromatic heterocycles. The summed E-state index contributed by atoms with van der Waals surface area (Å²) in [4.78, 5) is 32.6. The summed E-state index contributed by atoms with van der Waals surface area (Å²) in [5, 5.41) is 3.86. The van der Waals surface area contributed by atoms with Gasteiger partial charge in [0.1, 0.15) is 11.0 Å². The Balaban J connectivity index is 1.59. The fraction of sp³-hybridized carbons (Fsp3) is 0.192. The quantitative estimate of drug-likeness (QED) is 0.398. The average molecular weight is 528 g/mol. The summed E-state index contributed by atoms with van der Waals surface area (Å²) in [5.41, 5.74) is 3.05. The van der Waals surface area contributed by atoms with Crippen molar-refractivity contribution in [2.45, 2.75) is 25.1 Å². The molecule has 1 N–H and O–H groups in total. The lowest BCUT2D eigenvalue weighted by Gasteiger charge is -2.32. The first-order valence-electron chi connectivity index (χ1n) is 10.8. The van der Waals surface area contributed by atoms with Crippen LogP contribution in [0.2, 0.25) is 10.0 Å². The monoisotopic (exact) mass is 527 g/mol. The summed E-state index contributed by atoms with van der Waals surface area (Å²) < 4.78 is 5.22. The van der Waals surface area contributed by atoms with Gasteiger partial charge in [-0.15, -0.1) is 0 Å². The molecule has 1 unspecified atom stereocenters. The van der Waals surface area contributed by atoms with Gasteiger partial charge >= 0.3 is 0 Å². The number of aryl methyl sites for hydroxylation is 1. The van der Waals surface area contributed by atoms with E-state index in [1.165, 1.54) is 11.8 Å². The maximum atomic E-state index is 13.2. The molecule has 0 bridgehead atoms. The SMILES string of the molecule is COc1ccc(N=C2SC(C(=O)Nc3ccc(C)c(Cl)c3)CC(=O)N2Cc2ccc(Cl)cc2)cc1. The van der Waals surface area contributed by atoms with E-state index in [-0.39, 0.29) is 18.2 Å². The van der Waals surface area contributed by atoms with Crippen LogP contribution in [0.1, 0.15) is 17.5 Å². The molecular formula is C26H23Cl2N3O3S. The Morgan fingerprint density at radius 2 is 1.83 bits per heavy atom. The van der Waals surface area contributed by atoms with E-state index in [1.54, 1.807) is 60.5 Å². The molecule has 1 aliphatic heterocycles. The lowest BCUT2D eigenvalue weighted by Crippen LogP contribution is -2.44. The molecule has 3 aromatic rings. The molecule has 2 amide bonds. The zero-order chi connectivity index (χ0) is 24.9. The van der Waals surface area contributed by atoms with Crippen molar-refractivity contribution in [1.29, 1.82) is 0 Å². The van der Waals surface area contributed by atoms with Crippen molar-refractivity contribution in [1.82, 2.24) is 4.90 Å². The molecule has 0 radical (unpaired) electrons. The molecule has 1 heterocycles. The maximum absolute atomic E-state index is 13.2. The Morgan fingerprint density at radius 1 is 1.11 bits per heavy atom. The van der Waals surface area contributed by atoms with Gasteiger partial charge in [-0.1, -0.05) is 53.2 Å². The first kappa shape index (κ1) is 25.1. The second-order valence-corrected chi connectivity index (χ2v) is 9.98. The van der Waals surface area contributed by atoms with Gasteiger partial charge in [0.05, 0.1) is 19.3 Å². The summed E-state index contributed by atoms with van der Waals surface area (Å²) in [7, 11) is 1.59. The third kappa shape index (κ3) is 6.36. The number of halogens is 2. The highest BCUT2D eigenvalue weighted by atomic mass is 35.5. The van der Waals surface area contributed by atoms with E-state index in [0.717, 1.165) is 11.1 Å². The van der Waals surface area contributed by atoms with E-state index >= 15 is 0 Å². The normalized spacial score (nSPS) is 16.9. The van der Waals surface area contributed by atoms with E-state index in [4.69, 9.17) is 32.9 Å². The van der Waals surface area contributed by atoms with Gasteiger partial charge < -0.3 is 10.1 Å². The summed E-state index contributed by atoms with van der Waals surface area (Å²) in [6.07, 6.45) is 0.0469. The number of aliphatic imine (C=N–C) groups is 1. The molecule has 1 fully saturated rings. The van der Waals surface area contributed by atoms with Crippen molar-refractivity contribution in [3.8, 4) is 5.75 Å². The third-order valence-corrected chi connectivity index (χ3v) is 7.27. The minimum atomic E-state index is -0.638. The first-order chi connectivity index (χ1) is 16.8. The van der Waals surface area contributed by atoms with Crippen LogP contribution in [-0.4, -0.2) is 34.2 Å². The van der Waals surface area contributed by atoms with Gasteiger partial charge in [0, 0.05) is 22.2 Å². The van der Waals surface area contributed by atoms with Crippen LogP contribution in [0.5, 0.6) is 5.75 Å². The van der Waals surface area contributed by atoms with Crippen LogP contribution in [0.15, 0.2) is 71.7 Å². The zero-order valence-electron chi connectivity index (χ0n) is 19.1. The molecule has 0 saturated carbocycles. The Bertz CT molecular complexity index is 1260. The lowest BCUT2D eigenvalue weighted by molar-refractivity contribution is -0.129. The molecule has 6 nitrogen and oxygen atoms in total. The second kappa shape index (κ2) is 11.2. The fourth-order valence-electron chi connectivity index (χ4n) is 3.43. The number of amidine groups is 1. The number of rotatable bonds is 6. The van der Waals surface area contributed by atoms with Gasteiger partial charge in [-0.25, -0.2) is 4.99 Å². The highest BCUT2D eigenvalue weighted by molar-refractivity contribution is 8.15. The molecule has 180 valence electrons. The second-order valence-electron chi connectivity index (χ2n) is 7.96. The number of methoxy groups -OCH3 is 1. The standard InChI is InChI=1S/C26H23Cl2N3O3S/c1-16-3-8-20(13-22(16)28)29-25(33)23-14-24(32)31(15-17-4-6-18(27)7-5-17)26(35-23)30-19-9-11-21(34-2)12-10-19/h3-13,23H,14-15H2,1-2H3,(H,29,33). The van der Waals surface area contributed by atoms with E-state index in [2.05, 4.69) is 5.32 Å². The summed E-state index contributed by atoms with van der Waals surface area (Å²) in [5.74, 6) is 0.234. The molecule has 4 rings (SSSR count). The van der Waals surface area contributed by atoms with Crippen LogP contribution >= 0.6 is 35.0 Å². The van der Waals surface area contributed by atoms with Crippen molar-refractivity contribution in [2.24, 2.45) is 4.99 Å². The van der Waals surface area contributed by atoms with Gasteiger partial charge in [-0.3, -0.25) is 14.5 Å². The highest BCUT2D eigenvalue weighted by Gasteiger charge is 2.36. The van der Waals surface area contributed by atoms with Crippen molar-refractivity contribution in [2.75, 3.05) is 12.4 Å². The number of anilines is 1. The van der Waals surface area contributed by atoms with Gasteiger partial charge in [0.25, 0.3) is 0 Å². The topological polar surface area (TPSA) is 71.0 Å². The van der Waals surface area contributed by atoms with Crippen molar-refractivity contribution < 1.29 is 14.3 Å². The smallest absolute Gasteiger partial charge is 0.238 e. The number of carbonyl (C=O) groups is 2. The number of hydrogen-bond acceptors (Lipinski definition) is 5. The van der Waals surface area contributed by atoms with Crippen LogP contribution in [0.3, 0.4) is 0 Å². The fourth-order valence-corrected chi connectivity index (χ4v) is 4.83. The van der Waals surface area contributed by atoms with Crippen molar-refractivity contribution in [3.05, 3.63) is 87.9 Å². The van der Waals surface area contributed by atoms with E-state index in [1.807, 2.05) is 25.1 Å². The van der Waals surface area contributed by atoms with Gasteiger partial charge in [-0.05, 0) is 66.6 Å². The maximum Gasteiger partial charge on any atom is 0.238 e. The summed E-state index contributed by atoms with van der Waals surface area (Å²) in [6.45, 7) is 2.21. The van der Waals surface area contributed by atoms with Gasteiger partial charge in [-0.2, -0.15) is 0 Å². The number of amides is 2. The number of carbonyl (C=O) groups excluding carboxylic acids is 2. The Hall–Kier alpha value is -3.00. The van der Waals surface area contributed by atoms with Crippen LogP contribution in [0.4, 0.5) is 11.4 Å². The van der Waals surface area contributed by atoms with Crippen LogP contribution < -0.4 is 10.1 Å². The molecule has 3 aromatic carbocycles. The molecule has 1 aliphatic rings. The lowest BCUT2D eigenvalue weighted by atomic mass is 10.2. The number of ether oxygens (including phenoxy) is 1.